The Bertz CT molecular complexity index is 253. The van der Waals surface area contributed by atoms with Crippen LogP contribution < -0.4 is 5.32 Å². The average molecular weight is 240 g/mol. The van der Waals surface area contributed by atoms with E-state index < -0.39 is 0 Å². The molecule has 17 heavy (non-hydrogen) atoms. The van der Waals surface area contributed by atoms with Crippen LogP contribution in [0.1, 0.15) is 53.9 Å². The first-order valence-corrected chi connectivity index (χ1v) is 7.07. The zero-order valence-electron chi connectivity index (χ0n) is 12.0. The highest BCUT2D eigenvalue weighted by Crippen LogP contribution is 2.21. The fourth-order valence-corrected chi connectivity index (χ4v) is 2.32. The van der Waals surface area contributed by atoms with Crippen molar-refractivity contribution in [3.8, 4) is 0 Å². The van der Waals surface area contributed by atoms with Gasteiger partial charge in [-0.3, -0.25) is 10.1 Å². The molecule has 0 bridgehead atoms. The monoisotopic (exact) mass is 240 g/mol. The maximum absolute atomic E-state index is 12.3. The minimum absolute atomic E-state index is 0.0595. The normalized spacial score (nSPS) is 26.9. The molecule has 3 heteroatoms. The third-order valence-electron chi connectivity index (χ3n) is 3.94. The van der Waals surface area contributed by atoms with Gasteiger partial charge in [-0.05, 0) is 24.7 Å². The molecule has 1 aliphatic heterocycles. The highest BCUT2D eigenvalue weighted by molar-refractivity contribution is 5.84. The number of carbonyl (C=O) groups excluding carboxylic acids is 1. The summed E-state index contributed by atoms with van der Waals surface area (Å²) in [5.41, 5.74) is 0. The highest BCUT2D eigenvalue weighted by Gasteiger charge is 2.37. The van der Waals surface area contributed by atoms with E-state index in [1.807, 2.05) is 0 Å². The Morgan fingerprint density at radius 1 is 1.29 bits per heavy atom. The van der Waals surface area contributed by atoms with E-state index >= 15 is 0 Å². The lowest BCUT2D eigenvalue weighted by Crippen LogP contribution is -2.40. The number of nitrogens with zero attached hydrogens (tertiary/aromatic N) is 1. The second-order valence-electron chi connectivity index (χ2n) is 5.64. The van der Waals surface area contributed by atoms with Crippen LogP contribution in [0.25, 0.3) is 0 Å². The van der Waals surface area contributed by atoms with Crippen LogP contribution >= 0.6 is 0 Å². The van der Waals surface area contributed by atoms with Gasteiger partial charge >= 0.3 is 0 Å². The van der Waals surface area contributed by atoms with Gasteiger partial charge in [0.1, 0.15) is 0 Å². The van der Waals surface area contributed by atoms with E-state index in [0.29, 0.717) is 17.7 Å². The fraction of sp³-hybridized carbons (Fsp3) is 0.929. The average Bonchev–Trinajstić information content (AvgIpc) is 2.57. The Morgan fingerprint density at radius 3 is 2.41 bits per heavy atom. The van der Waals surface area contributed by atoms with Crippen molar-refractivity contribution >= 4 is 5.91 Å². The number of hydrogen-bond donors (Lipinski definition) is 1. The molecule has 1 rings (SSSR count). The van der Waals surface area contributed by atoms with E-state index in [4.69, 9.17) is 0 Å². The van der Waals surface area contributed by atoms with Gasteiger partial charge in [0.15, 0.2) is 0 Å². The van der Waals surface area contributed by atoms with Crippen LogP contribution in [0.15, 0.2) is 0 Å². The molecule has 1 aliphatic rings. The van der Waals surface area contributed by atoms with Gasteiger partial charge in [-0.1, -0.05) is 41.0 Å². The van der Waals surface area contributed by atoms with Gasteiger partial charge in [0.25, 0.3) is 0 Å². The van der Waals surface area contributed by atoms with Crippen molar-refractivity contribution in [2.45, 2.75) is 66.1 Å². The summed E-state index contributed by atoms with van der Waals surface area (Å²) >= 11 is 0. The summed E-state index contributed by atoms with van der Waals surface area (Å²) < 4.78 is 0. The Balaban J connectivity index is 2.65. The quantitative estimate of drug-likeness (QED) is 0.774. The molecule has 1 fully saturated rings. The van der Waals surface area contributed by atoms with E-state index in [1.54, 1.807) is 0 Å². The third kappa shape index (κ3) is 3.44. The lowest BCUT2D eigenvalue weighted by atomic mass is 9.97. The molecule has 100 valence electrons. The summed E-state index contributed by atoms with van der Waals surface area (Å²) in [5.74, 6) is 1.51. The number of carbonyl (C=O) groups is 1. The second kappa shape index (κ2) is 6.39. The summed E-state index contributed by atoms with van der Waals surface area (Å²) in [5, 5.41) is 3.46. The maximum Gasteiger partial charge on any atom is 0.241 e. The molecule has 1 saturated heterocycles. The summed E-state index contributed by atoms with van der Waals surface area (Å²) in [6.07, 6.45) is 3.27. The zero-order valence-corrected chi connectivity index (χ0v) is 12.0. The van der Waals surface area contributed by atoms with Crippen LogP contribution in [-0.4, -0.2) is 29.6 Å². The maximum atomic E-state index is 12.3. The summed E-state index contributed by atoms with van der Waals surface area (Å²) in [4.78, 5) is 14.3. The van der Waals surface area contributed by atoms with E-state index in [1.165, 1.54) is 0 Å². The zero-order chi connectivity index (χ0) is 13.0. The summed E-state index contributed by atoms with van der Waals surface area (Å²) in [6, 6.07) is 0.0595. The Kier molecular flexibility index (Phi) is 5.44. The number of hydrogen-bond acceptors (Lipinski definition) is 2. The van der Waals surface area contributed by atoms with Gasteiger partial charge in [-0.25, -0.2) is 0 Å². The van der Waals surface area contributed by atoms with Crippen LogP contribution in [0, 0.1) is 11.8 Å². The van der Waals surface area contributed by atoms with Gasteiger partial charge in [0.05, 0.1) is 12.2 Å². The van der Waals surface area contributed by atoms with E-state index in [9.17, 15) is 4.79 Å². The van der Waals surface area contributed by atoms with Gasteiger partial charge in [-0.15, -0.1) is 0 Å². The van der Waals surface area contributed by atoms with Crippen LogP contribution in [0.5, 0.6) is 0 Å². The first-order chi connectivity index (χ1) is 8.01. The fourth-order valence-electron chi connectivity index (χ4n) is 2.32. The highest BCUT2D eigenvalue weighted by atomic mass is 16.2. The molecule has 0 aromatic carbocycles. The second-order valence-corrected chi connectivity index (χ2v) is 5.64. The Hall–Kier alpha value is -0.570. The summed E-state index contributed by atoms with van der Waals surface area (Å²) in [6.45, 7) is 11.9. The molecule has 0 aliphatic carbocycles. The largest absolute Gasteiger partial charge is 0.326 e. The minimum Gasteiger partial charge on any atom is -0.326 e. The summed E-state index contributed by atoms with van der Waals surface area (Å²) in [7, 11) is 0. The predicted molar refractivity (Wildman–Crippen MR) is 71.6 cm³/mol. The van der Waals surface area contributed by atoms with Crippen molar-refractivity contribution in [1.82, 2.24) is 10.2 Å². The standard InChI is InChI=1S/C14H28N2O/c1-6-8-12-14(17)16(13(7-2)15-12)9-11(5)10(3)4/h10-13,15H,6-9H2,1-5H3. The first-order valence-electron chi connectivity index (χ1n) is 7.07. The molecule has 0 aromatic heterocycles. The van der Waals surface area contributed by atoms with Crippen molar-refractivity contribution in [3.63, 3.8) is 0 Å². The van der Waals surface area contributed by atoms with Crippen molar-refractivity contribution in [3.05, 3.63) is 0 Å². The van der Waals surface area contributed by atoms with E-state index in [-0.39, 0.29) is 12.2 Å². The number of amides is 1. The van der Waals surface area contributed by atoms with Crippen molar-refractivity contribution < 1.29 is 4.79 Å². The molecule has 0 saturated carbocycles. The van der Waals surface area contributed by atoms with Gasteiger partial charge < -0.3 is 4.90 Å². The molecule has 1 amide bonds. The Morgan fingerprint density at radius 2 is 1.94 bits per heavy atom. The smallest absolute Gasteiger partial charge is 0.241 e. The van der Waals surface area contributed by atoms with E-state index in [0.717, 1.165) is 25.8 Å². The first kappa shape index (κ1) is 14.5. The van der Waals surface area contributed by atoms with Crippen LogP contribution in [-0.2, 0) is 4.79 Å². The third-order valence-corrected chi connectivity index (χ3v) is 3.94. The van der Waals surface area contributed by atoms with Gasteiger partial charge in [-0.2, -0.15) is 0 Å². The van der Waals surface area contributed by atoms with Crippen molar-refractivity contribution in [2.24, 2.45) is 11.8 Å². The van der Waals surface area contributed by atoms with Crippen LogP contribution in [0.2, 0.25) is 0 Å². The van der Waals surface area contributed by atoms with Crippen molar-refractivity contribution in [1.29, 1.82) is 0 Å². The van der Waals surface area contributed by atoms with Crippen LogP contribution in [0.3, 0.4) is 0 Å². The van der Waals surface area contributed by atoms with Crippen molar-refractivity contribution in [2.75, 3.05) is 6.54 Å². The molecule has 0 radical (unpaired) electrons. The lowest BCUT2D eigenvalue weighted by Gasteiger charge is -2.28. The molecule has 3 nitrogen and oxygen atoms in total. The molecule has 1 heterocycles. The Labute approximate surface area is 106 Å². The molecule has 3 unspecified atom stereocenters. The molecule has 3 atom stereocenters. The number of rotatable bonds is 6. The van der Waals surface area contributed by atoms with Crippen LogP contribution in [0.4, 0.5) is 0 Å². The van der Waals surface area contributed by atoms with Gasteiger partial charge in [0.2, 0.25) is 5.91 Å². The minimum atomic E-state index is 0.0595. The molecule has 1 N–H and O–H groups in total. The van der Waals surface area contributed by atoms with Gasteiger partial charge in [0, 0.05) is 6.54 Å². The molecule has 0 aromatic rings. The predicted octanol–water partition coefficient (Wildman–Crippen LogP) is 2.62. The SMILES string of the molecule is CCCC1NC(CC)N(CC(C)C(C)C)C1=O. The topological polar surface area (TPSA) is 32.3 Å². The molecular weight excluding hydrogens is 212 g/mol. The molecule has 0 spiro atoms. The number of nitrogens with one attached hydrogen (secondary N) is 1. The molecular formula is C14H28N2O. The van der Waals surface area contributed by atoms with E-state index in [2.05, 4.69) is 44.8 Å². The lowest BCUT2D eigenvalue weighted by molar-refractivity contribution is -0.130.